The SMILES string of the molecule is CC(CO)CSCc1nc2cc(F)ccc2o1. The lowest BCUT2D eigenvalue weighted by Crippen LogP contribution is -2.03. The van der Waals surface area contributed by atoms with Gasteiger partial charge in [0, 0.05) is 12.7 Å². The Hall–Kier alpha value is -1.07. The van der Waals surface area contributed by atoms with Crippen molar-refractivity contribution >= 4 is 22.9 Å². The van der Waals surface area contributed by atoms with E-state index in [2.05, 4.69) is 4.98 Å². The van der Waals surface area contributed by atoms with Gasteiger partial charge in [0.05, 0.1) is 5.75 Å². The molecule has 1 heterocycles. The fraction of sp³-hybridized carbons (Fsp3) is 0.417. The van der Waals surface area contributed by atoms with Crippen molar-refractivity contribution in [1.29, 1.82) is 0 Å². The van der Waals surface area contributed by atoms with E-state index in [-0.39, 0.29) is 18.3 Å². The average molecular weight is 255 g/mol. The minimum absolute atomic E-state index is 0.186. The van der Waals surface area contributed by atoms with Crippen LogP contribution in [0.15, 0.2) is 22.6 Å². The molecule has 0 saturated heterocycles. The fourth-order valence-electron chi connectivity index (χ4n) is 1.41. The molecule has 1 atom stereocenters. The van der Waals surface area contributed by atoms with Crippen LogP contribution in [0.3, 0.4) is 0 Å². The van der Waals surface area contributed by atoms with Gasteiger partial charge in [-0.1, -0.05) is 6.92 Å². The molecule has 2 aromatic rings. The third-order valence-corrected chi connectivity index (χ3v) is 3.59. The second-order valence-electron chi connectivity index (χ2n) is 4.02. The number of fused-ring (bicyclic) bond motifs is 1. The number of benzene rings is 1. The van der Waals surface area contributed by atoms with Gasteiger partial charge in [-0.25, -0.2) is 9.37 Å². The highest BCUT2D eigenvalue weighted by molar-refractivity contribution is 7.98. The predicted molar refractivity (Wildman–Crippen MR) is 66.4 cm³/mol. The summed E-state index contributed by atoms with van der Waals surface area (Å²) in [5.74, 6) is 2.05. The highest BCUT2D eigenvalue weighted by atomic mass is 32.2. The van der Waals surface area contributed by atoms with Gasteiger partial charge in [0.15, 0.2) is 5.58 Å². The van der Waals surface area contributed by atoms with Crippen molar-refractivity contribution in [2.75, 3.05) is 12.4 Å². The molecule has 2 rings (SSSR count). The van der Waals surface area contributed by atoms with Gasteiger partial charge in [-0.05, 0) is 23.8 Å². The molecule has 0 radical (unpaired) electrons. The molecule has 1 unspecified atom stereocenters. The van der Waals surface area contributed by atoms with E-state index in [1.165, 1.54) is 12.1 Å². The van der Waals surface area contributed by atoms with Crippen LogP contribution in [0, 0.1) is 11.7 Å². The summed E-state index contributed by atoms with van der Waals surface area (Å²) in [5.41, 5.74) is 1.16. The van der Waals surface area contributed by atoms with E-state index in [1.807, 2.05) is 6.92 Å². The van der Waals surface area contributed by atoms with Crippen molar-refractivity contribution in [2.45, 2.75) is 12.7 Å². The first-order valence-electron chi connectivity index (χ1n) is 5.42. The number of oxazole rings is 1. The number of hydrogen-bond donors (Lipinski definition) is 1. The summed E-state index contributed by atoms with van der Waals surface area (Å²) in [6.07, 6.45) is 0. The van der Waals surface area contributed by atoms with Gasteiger partial charge in [0.1, 0.15) is 11.3 Å². The fourth-order valence-corrected chi connectivity index (χ4v) is 2.33. The summed E-state index contributed by atoms with van der Waals surface area (Å²) in [4.78, 5) is 4.21. The molecule has 3 nitrogen and oxygen atoms in total. The number of aromatic nitrogens is 1. The van der Waals surface area contributed by atoms with Crippen LogP contribution < -0.4 is 0 Å². The van der Waals surface area contributed by atoms with Crippen LogP contribution in [0.25, 0.3) is 11.1 Å². The first-order chi connectivity index (χ1) is 8.19. The van der Waals surface area contributed by atoms with Gasteiger partial charge in [-0.3, -0.25) is 0 Å². The monoisotopic (exact) mass is 255 g/mol. The van der Waals surface area contributed by atoms with E-state index in [4.69, 9.17) is 9.52 Å². The zero-order chi connectivity index (χ0) is 12.3. The maximum absolute atomic E-state index is 12.9. The van der Waals surface area contributed by atoms with Crippen LogP contribution in [0.5, 0.6) is 0 Å². The molecule has 0 aliphatic carbocycles. The van der Waals surface area contributed by atoms with Gasteiger partial charge in [0.25, 0.3) is 0 Å². The smallest absolute Gasteiger partial charge is 0.205 e. The maximum Gasteiger partial charge on any atom is 0.205 e. The van der Waals surface area contributed by atoms with E-state index in [0.29, 0.717) is 22.7 Å². The highest BCUT2D eigenvalue weighted by Crippen LogP contribution is 2.20. The first-order valence-corrected chi connectivity index (χ1v) is 6.58. The topological polar surface area (TPSA) is 46.3 Å². The number of aliphatic hydroxyl groups excluding tert-OH is 1. The summed E-state index contributed by atoms with van der Waals surface area (Å²) in [5, 5.41) is 8.88. The number of halogens is 1. The van der Waals surface area contributed by atoms with E-state index in [0.717, 1.165) is 5.75 Å². The average Bonchev–Trinajstić information content (AvgIpc) is 2.70. The maximum atomic E-state index is 12.9. The number of hydrogen-bond acceptors (Lipinski definition) is 4. The van der Waals surface area contributed by atoms with Crippen LogP contribution in [0.2, 0.25) is 0 Å². The number of nitrogens with zero attached hydrogens (tertiary/aromatic N) is 1. The van der Waals surface area contributed by atoms with Crippen molar-refractivity contribution in [1.82, 2.24) is 4.98 Å². The summed E-state index contributed by atoms with van der Waals surface area (Å²) >= 11 is 1.65. The Kier molecular flexibility index (Phi) is 4.02. The standard InChI is InChI=1S/C12H14FNO2S/c1-8(5-15)6-17-7-12-14-10-4-9(13)2-3-11(10)16-12/h2-4,8,15H,5-7H2,1H3. The molecule has 0 fully saturated rings. The van der Waals surface area contributed by atoms with Crippen molar-refractivity contribution in [3.05, 3.63) is 29.9 Å². The number of thioether (sulfide) groups is 1. The van der Waals surface area contributed by atoms with E-state index < -0.39 is 0 Å². The lowest BCUT2D eigenvalue weighted by atomic mass is 10.2. The molecule has 0 saturated carbocycles. The van der Waals surface area contributed by atoms with Crippen LogP contribution in [0.1, 0.15) is 12.8 Å². The number of aliphatic hydroxyl groups is 1. The Bertz CT molecular complexity index is 500. The van der Waals surface area contributed by atoms with Gasteiger partial charge in [0.2, 0.25) is 5.89 Å². The van der Waals surface area contributed by atoms with Gasteiger partial charge in [-0.15, -0.1) is 0 Å². The summed E-state index contributed by atoms with van der Waals surface area (Å²) in [6.45, 7) is 2.17. The highest BCUT2D eigenvalue weighted by Gasteiger charge is 2.07. The molecule has 0 spiro atoms. The van der Waals surface area contributed by atoms with Crippen LogP contribution in [0.4, 0.5) is 4.39 Å². The summed E-state index contributed by atoms with van der Waals surface area (Å²) in [6, 6.07) is 4.31. The molecular formula is C12H14FNO2S. The van der Waals surface area contributed by atoms with Gasteiger partial charge >= 0.3 is 0 Å². The Morgan fingerprint density at radius 3 is 3.12 bits per heavy atom. The van der Waals surface area contributed by atoms with Gasteiger partial charge in [-0.2, -0.15) is 11.8 Å². The Morgan fingerprint density at radius 2 is 2.35 bits per heavy atom. The molecule has 0 bridgehead atoms. The van der Waals surface area contributed by atoms with Crippen molar-refractivity contribution < 1.29 is 13.9 Å². The zero-order valence-electron chi connectivity index (χ0n) is 9.52. The number of rotatable bonds is 5. The molecule has 17 heavy (non-hydrogen) atoms. The second kappa shape index (κ2) is 5.51. The van der Waals surface area contributed by atoms with Crippen LogP contribution in [-0.4, -0.2) is 22.5 Å². The van der Waals surface area contributed by atoms with E-state index in [1.54, 1.807) is 17.8 Å². The Morgan fingerprint density at radius 1 is 1.53 bits per heavy atom. The van der Waals surface area contributed by atoms with Crippen molar-refractivity contribution in [2.24, 2.45) is 5.92 Å². The third-order valence-electron chi connectivity index (χ3n) is 2.33. The van der Waals surface area contributed by atoms with Crippen molar-refractivity contribution in [3.8, 4) is 0 Å². The molecule has 0 aliphatic rings. The summed E-state index contributed by atoms with van der Waals surface area (Å²) in [7, 11) is 0. The summed E-state index contributed by atoms with van der Waals surface area (Å²) < 4.78 is 18.4. The Labute approximate surface area is 103 Å². The second-order valence-corrected chi connectivity index (χ2v) is 5.05. The Balaban J connectivity index is 1.99. The zero-order valence-corrected chi connectivity index (χ0v) is 10.3. The quantitative estimate of drug-likeness (QED) is 0.892. The molecule has 1 aromatic carbocycles. The molecule has 0 aliphatic heterocycles. The normalized spacial score (nSPS) is 13.1. The molecule has 1 N–H and O–H groups in total. The van der Waals surface area contributed by atoms with Crippen molar-refractivity contribution in [3.63, 3.8) is 0 Å². The molecule has 5 heteroatoms. The first kappa shape index (κ1) is 12.4. The molecular weight excluding hydrogens is 241 g/mol. The van der Waals surface area contributed by atoms with E-state index >= 15 is 0 Å². The largest absolute Gasteiger partial charge is 0.440 e. The molecule has 1 aromatic heterocycles. The van der Waals surface area contributed by atoms with Crippen LogP contribution >= 0.6 is 11.8 Å². The lowest BCUT2D eigenvalue weighted by Gasteiger charge is -2.04. The lowest BCUT2D eigenvalue weighted by molar-refractivity contribution is 0.250. The van der Waals surface area contributed by atoms with Gasteiger partial charge < -0.3 is 9.52 Å². The minimum Gasteiger partial charge on any atom is -0.440 e. The van der Waals surface area contributed by atoms with Crippen LogP contribution in [-0.2, 0) is 5.75 Å². The molecule has 0 amide bonds. The third kappa shape index (κ3) is 3.20. The minimum atomic E-state index is -0.307. The predicted octanol–water partition coefficient (Wildman–Crippen LogP) is 2.83. The van der Waals surface area contributed by atoms with E-state index in [9.17, 15) is 4.39 Å². The molecule has 92 valence electrons.